The van der Waals surface area contributed by atoms with Gasteiger partial charge in [0, 0.05) is 21.9 Å². The number of benzene rings is 11. The quantitative estimate of drug-likeness (QED) is 0.114. The molecule has 13 aromatic rings. The molecule has 0 saturated carbocycles. The molecule has 0 saturated heterocycles. The van der Waals surface area contributed by atoms with E-state index in [4.69, 9.17) is 28.9 Å². The first kappa shape index (κ1) is 52.3. The van der Waals surface area contributed by atoms with Crippen molar-refractivity contribution in [1.82, 2.24) is 9.97 Å². The maximum atomic E-state index is 6.12. The Morgan fingerprint density at radius 1 is 0.318 bits per heavy atom. The zero-order chi connectivity index (χ0) is 57.9. The highest BCUT2D eigenvalue weighted by Crippen LogP contribution is 2.63. The maximum absolute atomic E-state index is 6.12. The van der Waals surface area contributed by atoms with Crippen molar-refractivity contribution in [2.75, 3.05) is 28.4 Å². The van der Waals surface area contributed by atoms with Gasteiger partial charge in [0.15, 0.2) is 0 Å². The minimum Gasteiger partial charge on any atom is -0.497 e. The van der Waals surface area contributed by atoms with Gasteiger partial charge in [0.05, 0.1) is 60.1 Å². The molecule has 0 spiro atoms. The molecule has 15 rings (SSSR count). The van der Waals surface area contributed by atoms with Crippen molar-refractivity contribution < 1.29 is 18.9 Å². The summed E-state index contributed by atoms with van der Waals surface area (Å²) in [6.45, 7) is 9.08. The Kier molecular flexibility index (Phi) is 12.3. The normalized spacial score (nSPS) is 13.6. The second-order valence-corrected chi connectivity index (χ2v) is 24.3. The molecular formula is C78H62N2O4S. The molecule has 0 bridgehead atoms. The molecule has 2 aliphatic carbocycles. The standard InChI is InChI=1S/C78H62N2O4S/c1-45(2)47-23-41-57-58-42-24-48(46(3)4)44-64(58)72-71(63(57)43-47)79-73-74(80-72)76(62-18-14-22-68-70(62)60-16-10-12-20-66(60)78(68,51-29-37-55(83-7)38-30-51)52-31-39-56(84-8)40-32-52)85-75(73)61-17-13-21-67-69(61)59-15-9-11-19-65(59)77(67,49-25-33-53(81-5)34-26-49)50-27-35-54(82-6)36-28-50/h9-46H,1-8H3. The summed E-state index contributed by atoms with van der Waals surface area (Å²) in [6.07, 6.45) is 0. The molecule has 7 heteroatoms. The molecule has 6 nitrogen and oxygen atoms in total. The molecule has 2 aromatic heterocycles. The molecule has 2 aliphatic rings. The van der Waals surface area contributed by atoms with Crippen LogP contribution in [-0.2, 0) is 10.8 Å². The van der Waals surface area contributed by atoms with Gasteiger partial charge >= 0.3 is 0 Å². The van der Waals surface area contributed by atoms with Gasteiger partial charge in [-0.1, -0.05) is 185 Å². The third kappa shape index (κ3) is 7.62. The zero-order valence-electron chi connectivity index (χ0n) is 48.9. The van der Waals surface area contributed by atoms with Crippen molar-refractivity contribution in [1.29, 1.82) is 0 Å². The lowest BCUT2D eigenvalue weighted by atomic mass is 9.67. The van der Waals surface area contributed by atoms with E-state index in [0.29, 0.717) is 11.8 Å². The molecule has 0 radical (unpaired) electrons. The van der Waals surface area contributed by atoms with Crippen LogP contribution in [0.4, 0.5) is 0 Å². The third-order valence-electron chi connectivity index (χ3n) is 18.5. The molecule has 0 atom stereocenters. The highest BCUT2D eigenvalue weighted by molar-refractivity contribution is 7.21. The van der Waals surface area contributed by atoms with Crippen LogP contribution in [0.25, 0.3) is 86.7 Å². The van der Waals surface area contributed by atoms with Crippen molar-refractivity contribution in [2.24, 2.45) is 0 Å². The van der Waals surface area contributed by atoms with Crippen molar-refractivity contribution >= 4 is 54.9 Å². The first-order chi connectivity index (χ1) is 41.6. The predicted octanol–water partition coefficient (Wildman–Crippen LogP) is 19.5. The van der Waals surface area contributed by atoms with Gasteiger partial charge in [-0.05, 0) is 161 Å². The fourth-order valence-corrected chi connectivity index (χ4v) is 15.6. The van der Waals surface area contributed by atoms with Gasteiger partial charge in [0.2, 0.25) is 0 Å². The molecular weight excluding hydrogens is 1060 g/mol. The summed E-state index contributed by atoms with van der Waals surface area (Å²) in [5, 5.41) is 4.58. The van der Waals surface area contributed by atoms with Gasteiger partial charge in [-0.3, -0.25) is 0 Å². The molecule has 2 heterocycles. The van der Waals surface area contributed by atoms with Gasteiger partial charge in [-0.15, -0.1) is 11.3 Å². The molecule has 11 aromatic carbocycles. The SMILES string of the molecule is COc1ccc(C2(c3ccc(OC)cc3)c3ccccc3-c3c(-c4sc(-c5cccc6c5-c5ccccc5C6(c5ccc(OC)cc5)c5ccc(OC)cc5)c5nc6c7cc(C(C)C)ccc7c7ccc(C(C)C)cc7c6nc45)cccc32)cc1. The van der Waals surface area contributed by atoms with Crippen LogP contribution in [0.2, 0.25) is 0 Å². The van der Waals surface area contributed by atoms with Crippen LogP contribution in [0.15, 0.2) is 218 Å². The average molecular weight is 1120 g/mol. The van der Waals surface area contributed by atoms with E-state index in [1.54, 1.807) is 28.4 Å². The first-order valence-corrected chi connectivity index (χ1v) is 30.1. The minimum atomic E-state index is -0.707. The Labute approximate surface area is 500 Å². The van der Waals surface area contributed by atoms with E-state index in [1.807, 2.05) is 11.3 Å². The fraction of sp³-hybridized carbons (Fsp3) is 0.154. The van der Waals surface area contributed by atoms with Crippen LogP contribution >= 0.6 is 11.3 Å². The molecule has 0 fully saturated rings. The Hall–Kier alpha value is -9.56. The van der Waals surface area contributed by atoms with Crippen molar-refractivity contribution in [3.8, 4) is 66.1 Å². The van der Waals surface area contributed by atoms with E-state index in [-0.39, 0.29) is 0 Å². The number of rotatable bonds is 12. The number of aromatic nitrogens is 2. The lowest BCUT2D eigenvalue weighted by molar-refractivity contribution is 0.414. The number of fused-ring (bicyclic) bond motifs is 13. The molecule has 85 heavy (non-hydrogen) atoms. The van der Waals surface area contributed by atoms with E-state index in [9.17, 15) is 0 Å². The fourth-order valence-electron chi connectivity index (χ4n) is 14.4. The Morgan fingerprint density at radius 3 is 0.965 bits per heavy atom. The minimum absolute atomic E-state index is 0.313. The summed E-state index contributed by atoms with van der Waals surface area (Å²) in [6, 6.07) is 80.3. The predicted molar refractivity (Wildman–Crippen MR) is 350 cm³/mol. The van der Waals surface area contributed by atoms with E-state index in [0.717, 1.165) is 99.0 Å². The molecule has 0 N–H and O–H groups in total. The summed E-state index contributed by atoms with van der Waals surface area (Å²) in [5.74, 6) is 3.84. The first-order valence-electron chi connectivity index (χ1n) is 29.3. The Morgan fingerprint density at radius 2 is 0.635 bits per heavy atom. The van der Waals surface area contributed by atoms with Gasteiger partial charge in [-0.2, -0.15) is 0 Å². The lowest BCUT2D eigenvalue weighted by Crippen LogP contribution is -2.28. The van der Waals surface area contributed by atoms with Crippen LogP contribution < -0.4 is 18.9 Å². The number of thiophene rings is 1. The van der Waals surface area contributed by atoms with Crippen LogP contribution in [0, 0.1) is 0 Å². The summed E-state index contributed by atoms with van der Waals surface area (Å²) in [4.78, 5) is 14.4. The number of hydrogen-bond donors (Lipinski definition) is 0. The van der Waals surface area contributed by atoms with E-state index < -0.39 is 10.8 Å². The Bertz CT molecular complexity index is 4410. The van der Waals surface area contributed by atoms with Crippen molar-refractivity contribution in [2.45, 2.75) is 50.4 Å². The van der Waals surface area contributed by atoms with E-state index >= 15 is 0 Å². The molecule has 414 valence electrons. The van der Waals surface area contributed by atoms with Crippen LogP contribution in [0.3, 0.4) is 0 Å². The highest BCUT2D eigenvalue weighted by atomic mass is 32.1. The van der Waals surface area contributed by atoms with Gasteiger partial charge in [0.1, 0.15) is 34.0 Å². The van der Waals surface area contributed by atoms with Crippen molar-refractivity contribution in [3.63, 3.8) is 0 Å². The summed E-state index contributed by atoms with van der Waals surface area (Å²) in [5.41, 5.74) is 20.9. The van der Waals surface area contributed by atoms with Gasteiger partial charge < -0.3 is 18.9 Å². The third-order valence-corrected chi connectivity index (χ3v) is 19.7. The van der Waals surface area contributed by atoms with Gasteiger partial charge in [-0.25, -0.2) is 9.97 Å². The van der Waals surface area contributed by atoms with Crippen LogP contribution in [0.5, 0.6) is 23.0 Å². The van der Waals surface area contributed by atoms with Crippen molar-refractivity contribution in [3.05, 3.63) is 274 Å². The van der Waals surface area contributed by atoms with Gasteiger partial charge in [0.25, 0.3) is 0 Å². The number of hydrogen-bond acceptors (Lipinski definition) is 7. The molecule has 0 unspecified atom stereocenters. The second-order valence-electron chi connectivity index (χ2n) is 23.3. The highest BCUT2D eigenvalue weighted by Gasteiger charge is 2.49. The smallest absolute Gasteiger partial charge is 0.118 e. The van der Waals surface area contributed by atoms with E-state index in [1.165, 1.54) is 66.4 Å². The second kappa shape index (κ2) is 20.1. The van der Waals surface area contributed by atoms with Crippen LogP contribution in [0.1, 0.15) is 95.2 Å². The summed E-state index contributed by atoms with van der Waals surface area (Å²) in [7, 11) is 6.91. The Balaban J connectivity index is 1.09. The monoisotopic (exact) mass is 1120 g/mol. The average Bonchev–Trinajstić information content (AvgIpc) is 1.70. The lowest BCUT2D eigenvalue weighted by Gasteiger charge is -2.34. The topological polar surface area (TPSA) is 62.7 Å². The number of nitrogens with zero attached hydrogens (tertiary/aromatic N) is 2. The number of methoxy groups -OCH3 is 4. The largest absolute Gasteiger partial charge is 0.497 e. The molecule has 0 aliphatic heterocycles. The van der Waals surface area contributed by atoms with Crippen LogP contribution in [-0.4, -0.2) is 38.4 Å². The zero-order valence-corrected chi connectivity index (χ0v) is 49.7. The summed E-state index contributed by atoms with van der Waals surface area (Å²) >= 11 is 1.81. The molecule has 0 amide bonds. The number of ether oxygens (including phenoxy) is 4. The van der Waals surface area contributed by atoms with E-state index in [2.05, 4.69) is 246 Å². The maximum Gasteiger partial charge on any atom is 0.118 e. The summed E-state index contributed by atoms with van der Waals surface area (Å²) < 4.78 is 23.2.